The molecule has 0 heterocycles. The molecule has 7 heteroatoms. The highest BCUT2D eigenvalue weighted by atomic mass is 16.4. The Kier molecular flexibility index (Phi) is 6.77. The Hall–Kier alpha value is -2.85. The average molecular weight is 318 g/mol. The average Bonchev–Trinajstić information content (AvgIpc) is 2.47. The Bertz CT molecular complexity index is 643. The van der Waals surface area contributed by atoms with Crippen molar-refractivity contribution in [3.05, 3.63) is 35.4 Å². The first-order chi connectivity index (χ1) is 10.8. The zero-order chi connectivity index (χ0) is 17.4. The Morgan fingerprint density at radius 3 is 2.26 bits per heavy atom. The Morgan fingerprint density at radius 1 is 1.17 bits per heavy atom. The molecule has 7 nitrogen and oxygen atoms in total. The first-order valence-electron chi connectivity index (χ1n) is 6.85. The van der Waals surface area contributed by atoms with Crippen molar-refractivity contribution in [2.24, 2.45) is 5.73 Å². The number of carboxylic acids is 2. The van der Waals surface area contributed by atoms with Gasteiger partial charge in [0.25, 0.3) is 0 Å². The monoisotopic (exact) mass is 318 g/mol. The summed E-state index contributed by atoms with van der Waals surface area (Å²) >= 11 is 0. The summed E-state index contributed by atoms with van der Waals surface area (Å²) in [6.07, 6.45) is 0.202. The van der Waals surface area contributed by atoms with Crippen molar-refractivity contribution in [3.63, 3.8) is 0 Å². The van der Waals surface area contributed by atoms with Gasteiger partial charge in [-0.05, 0) is 24.1 Å². The third-order valence-electron chi connectivity index (χ3n) is 2.94. The van der Waals surface area contributed by atoms with Crippen LogP contribution in [-0.2, 0) is 20.8 Å². The molecule has 0 aliphatic rings. The molecule has 0 bridgehead atoms. The van der Waals surface area contributed by atoms with Gasteiger partial charge >= 0.3 is 11.9 Å². The lowest BCUT2D eigenvalue weighted by molar-refractivity contribution is -0.141. The molecule has 5 N–H and O–H groups in total. The van der Waals surface area contributed by atoms with E-state index < -0.39 is 29.9 Å². The van der Waals surface area contributed by atoms with Crippen LogP contribution < -0.4 is 11.1 Å². The van der Waals surface area contributed by atoms with Crippen LogP contribution in [0.15, 0.2) is 24.3 Å². The summed E-state index contributed by atoms with van der Waals surface area (Å²) < 4.78 is 0. The summed E-state index contributed by atoms with van der Waals surface area (Å²) in [6, 6.07) is 4.83. The van der Waals surface area contributed by atoms with Crippen LogP contribution in [0, 0.1) is 11.8 Å². The predicted molar refractivity (Wildman–Crippen MR) is 82.5 cm³/mol. The van der Waals surface area contributed by atoms with Gasteiger partial charge in [0.1, 0.15) is 12.1 Å². The Balaban J connectivity index is 2.66. The zero-order valence-corrected chi connectivity index (χ0v) is 12.6. The molecule has 0 aromatic heterocycles. The normalized spacial score (nSPS) is 12.4. The van der Waals surface area contributed by atoms with Crippen LogP contribution in [0.2, 0.25) is 0 Å². The molecule has 23 heavy (non-hydrogen) atoms. The fourth-order valence-corrected chi connectivity index (χ4v) is 1.77. The van der Waals surface area contributed by atoms with Gasteiger partial charge in [-0.1, -0.05) is 24.0 Å². The maximum Gasteiger partial charge on any atom is 0.327 e. The van der Waals surface area contributed by atoms with Gasteiger partial charge < -0.3 is 21.3 Å². The summed E-state index contributed by atoms with van der Waals surface area (Å²) in [5.74, 6) is 2.86. The second kappa shape index (κ2) is 8.56. The lowest BCUT2D eigenvalue weighted by atomic mass is 10.0. The van der Waals surface area contributed by atoms with E-state index in [0.717, 1.165) is 5.56 Å². The van der Waals surface area contributed by atoms with Crippen molar-refractivity contribution in [2.45, 2.75) is 31.8 Å². The van der Waals surface area contributed by atoms with Crippen molar-refractivity contribution >= 4 is 17.8 Å². The van der Waals surface area contributed by atoms with Crippen LogP contribution in [0.1, 0.15) is 24.5 Å². The molecule has 0 spiro atoms. The molecule has 1 aromatic carbocycles. The first kappa shape index (κ1) is 18.2. The highest BCUT2D eigenvalue weighted by Crippen LogP contribution is 2.06. The zero-order valence-electron chi connectivity index (χ0n) is 12.6. The second-order valence-electron chi connectivity index (χ2n) is 4.94. The topological polar surface area (TPSA) is 130 Å². The van der Waals surface area contributed by atoms with Gasteiger partial charge in [-0.25, -0.2) is 4.79 Å². The van der Waals surface area contributed by atoms with Gasteiger partial charge in [-0.3, -0.25) is 9.59 Å². The predicted octanol–water partition coefficient (Wildman–Crippen LogP) is -0.0281. The Labute approximate surface area is 133 Å². The van der Waals surface area contributed by atoms with Crippen LogP contribution in [0.3, 0.4) is 0 Å². The third-order valence-corrected chi connectivity index (χ3v) is 2.94. The number of aliphatic carboxylic acids is 2. The number of rotatable bonds is 6. The number of benzene rings is 1. The molecular weight excluding hydrogens is 300 g/mol. The molecular formula is C16H18N2O5. The van der Waals surface area contributed by atoms with Crippen molar-refractivity contribution < 1.29 is 24.6 Å². The molecule has 0 radical (unpaired) electrons. The lowest BCUT2D eigenvalue weighted by Crippen LogP contribution is -2.39. The number of carbonyl (C=O) groups excluding carboxylic acids is 1. The summed E-state index contributed by atoms with van der Waals surface area (Å²) in [5.41, 5.74) is 6.88. The minimum Gasteiger partial charge on any atom is -0.480 e. The minimum atomic E-state index is -1.15. The van der Waals surface area contributed by atoms with E-state index in [9.17, 15) is 14.4 Å². The molecule has 2 atom stereocenters. The number of hydrogen-bond donors (Lipinski definition) is 4. The van der Waals surface area contributed by atoms with E-state index in [2.05, 4.69) is 17.2 Å². The maximum atomic E-state index is 10.9. The summed E-state index contributed by atoms with van der Waals surface area (Å²) in [5, 5.41) is 20.0. The number of carboxylic acid groups (broad SMARTS) is 2. The highest BCUT2D eigenvalue weighted by Gasteiger charge is 2.16. The number of hydrogen-bond acceptors (Lipinski definition) is 4. The molecule has 122 valence electrons. The van der Waals surface area contributed by atoms with E-state index in [1.54, 1.807) is 24.3 Å². The largest absolute Gasteiger partial charge is 0.480 e. The van der Waals surface area contributed by atoms with Gasteiger partial charge in [0.2, 0.25) is 5.91 Å². The van der Waals surface area contributed by atoms with Gasteiger partial charge in [-0.15, -0.1) is 0 Å². The van der Waals surface area contributed by atoms with Crippen molar-refractivity contribution in [3.8, 4) is 11.8 Å². The van der Waals surface area contributed by atoms with Crippen LogP contribution in [0.4, 0.5) is 0 Å². The standard InChI is InChI=1S/C16H18N2O5/c1-10(19)18-14(16(22)23)4-2-3-11-5-7-12(8-6-11)9-13(17)15(20)21/h5-8,13-14H,4,9,17H2,1H3,(H,18,19)(H,20,21)(H,22,23). The number of nitrogens with one attached hydrogen (secondary N) is 1. The number of amides is 1. The molecule has 0 fully saturated rings. The molecule has 0 saturated heterocycles. The molecule has 0 saturated carbocycles. The van der Waals surface area contributed by atoms with Gasteiger partial charge in [0.15, 0.2) is 0 Å². The van der Waals surface area contributed by atoms with Crippen LogP contribution in [-0.4, -0.2) is 40.1 Å². The van der Waals surface area contributed by atoms with Gasteiger partial charge in [0.05, 0.1) is 0 Å². The SMILES string of the molecule is CC(=O)NC(CC#Cc1ccc(CC(N)C(=O)O)cc1)C(=O)O. The van der Waals surface area contributed by atoms with Crippen LogP contribution in [0.25, 0.3) is 0 Å². The molecule has 0 aliphatic heterocycles. The van der Waals surface area contributed by atoms with E-state index in [1.807, 2.05) is 0 Å². The molecule has 1 aromatic rings. The highest BCUT2D eigenvalue weighted by molar-refractivity contribution is 5.82. The molecule has 2 unspecified atom stereocenters. The maximum absolute atomic E-state index is 10.9. The third kappa shape index (κ3) is 6.63. The Morgan fingerprint density at radius 2 is 1.78 bits per heavy atom. The van der Waals surface area contributed by atoms with E-state index in [0.29, 0.717) is 5.56 Å². The lowest BCUT2D eigenvalue weighted by Gasteiger charge is -2.08. The number of nitrogens with two attached hydrogens (primary N) is 1. The van der Waals surface area contributed by atoms with E-state index in [4.69, 9.17) is 15.9 Å². The summed E-state index contributed by atoms with van der Waals surface area (Å²) in [6.45, 7) is 1.24. The van der Waals surface area contributed by atoms with E-state index >= 15 is 0 Å². The second-order valence-corrected chi connectivity index (χ2v) is 4.94. The van der Waals surface area contributed by atoms with Crippen molar-refractivity contribution in [2.75, 3.05) is 0 Å². The van der Waals surface area contributed by atoms with Crippen LogP contribution >= 0.6 is 0 Å². The van der Waals surface area contributed by atoms with Crippen molar-refractivity contribution in [1.82, 2.24) is 5.32 Å². The summed E-state index contributed by atoms with van der Waals surface area (Å²) in [4.78, 5) is 32.5. The molecule has 1 rings (SSSR count). The number of carbonyl (C=O) groups is 3. The minimum absolute atomic E-state index is 0.0133. The molecule has 1 amide bonds. The van der Waals surface area contributed by atoms with Gasteiger partial charge in [0, 0.05) is 18.9 Å². The van der Waals surface area contributed by atoms with Crippen molar-refractivity contribution in [1.29, 1.82) is 0 Å². The van der Waals surface area contributed by atoms with E-state index in [-0.39, 0.29) is 12.8 Å². The van der Waals surface area contributed by atoms with Gasteiger partial charge in [-0.2, -0.15) is 0 Å². The smallest absolute Gasteiger partial charge is 0.327 e. The van der Waals surface area contributed by atoms with Crippen LogP contribution in [0.5, 0.6) is 0 Å². The summed E-state index contributed by atoms with van der Waals surface area (Å²) in [7, 11) is 0. The quantitative estimate of drug-likeness (QED) is 0.545. The fourth-order valence-electron chi connectivity index (χ4n) is 1.77. The first-order valence-corrected chi connectivity index (χ1v) is 6.85. The van der Waals surface area contributed by atoms with E-state index in [1.165, 1.54) is 6.92 Å². The fraction of sp³-hybridized carbons (Fsp3) is 0.312. The molecule has 0 aliphatic carbocycles.